The molecule has 1 saturated heterocycles. The van der Waals surface area contributed by atoms with Gasteiger partial charge in [0.15, 0.2) is 0 Å². The first-order valence-corrected chi connectivity index (χ1v) is 8.10. The molecule has 1 aliphatic heterocycles. The highest BCUT2D eigenvalue weighted by atomic mass is 32.2. The zero-order chi connectivity index (χ0) is 18.6. The molecule has 0 bridgehead atoms. The second-order valence-electron chi connectivity index (χ2n) is 5.64. The number of nitrogens with one attached hydrogen (secondary N) is 1. The summed E-state index contributed by atoms with van der Waals surface area (Å²) in [6, 6.07) is 0.195. The molecule has 4 nitrogen and oxygen atoms in total. The Morgan fingerprint density at radius 3 is 1.83 bits per heavy atom. The van der Waals surface area contributed by atoms with E-state index in [-0.39, 0.29) is 30.8 Å². The maximum Gasteiger partial charge on any atom is 0.416 e. The number of alkyl halides is 6. The molecule has 0 radical (unpaired) electrons. The minimum Gasteiger partial charge on any atom is -0.365 e. The molecule has 1 unspecified atom stereocenters. The van der Waals surface area contributed by atoms with Gasteiger partial charge in [0.1, 0.15) is 5.60 Å². The second kappa shape index (κ2) is 5.60. The van der Waals surface area contributed by atoms with Crippen LogP contribution in [0.2, 0.25) is 0 Å². The number of hydrogen-bond acceptors (Lipinski definition) is 3. The van der Waals surface area contributed by atoms with Crippen LogP contribution in [0.1, 0.15) is 25.0 Å². The number of benzene rings is 1. The summed E-state index contributed by atoms with van der Waals surface area (Å²) in [7, 11) is -4.57. The van der Waals surface area contributed by atoms with Gasteiger partial charge < -0.3 is 4.74 Å². The van der Waals surface area contributed by atoms with Crippen LogP contribution < -0.4 is 4.72 Å². The van der Waals surface area contributed by atoms with Crippen molar-refractivity contribution in [1.29, 1.82) is 0 Å². The Hall–Kier alpha value is -1.33. The van der Waals surface area contributed by atoms with Gasteiger partial charge in [-0.3, -0.25) is 0 Å². The molecule has 0 aliphatic carbocycles. The van der Waals surface area contributed by atoms with Crippen LogP contribution in [0.4, 0.5) is 26.3 Å². The van der Waals surface area contributed by atoms with Gasteiger partial charge in [-0.05, 0) is 32.0 Å². The normalized spacial score (nSPS) is 24.9. The molecule has 0 saturated carbocycles. The first-order chi connectivity index (χ1) is 10.7. The lowest BCUT2D eigenvalue weighted by Crippen LogP contribution is -2.34. The molecule has 0 amide bonds. The lowest BCUT2D eigenvalue weighted by Gasteiger charge is -2.15. The van der Waals surface area contributed by atoms with Gasteiger partial charge in [0.05, 0.1) is 22.1 Å². The van der Waals surface area contributed by atoms with Crippen molar-refractivity contribution in [3.8, 4) is 0 Å². The summed E-state index contributed by atoms with van der Waals surface area (Å²) in [5, 5.41) is 0. The molecule has 2 atom stereocenters. The number of sulfonamides is 1. The fourth-order valence-corrected chi connectivity index (χ4v) is 3.17. The summed E-state index contributed by atoms with van der Waals surface area (Å²) in [5.41, 5.74) is -4.22. The Bertz CT molecular complexity index is 711. The predicted molar refractivity (Wildman–Crippen MR) is 70.6 cm³/mol. The lowest BCUT2D eigenvalue weighted by molar-refractivity contribution is -0.143. The maximum atomic E-state index is 12.8. The monoisotopic (exact) mass is 377 g/mol. The van der Waals surface area contributed by atoms with Gasteiger partial charge in [-0.25, -0.2) is 13.1 Å². The van der Waals surface area contributed by atoms with Crippen LogP contribution in [0.3, 0.4) is 0 Å². The number of ether oxygens (including phenoxy) is 1. The molecule has 1 N–H and O–H groups in total. The minimum atomic E-state index is -5.12. The van der Waals surface area contributed by atoms with Crippen molar-refractivity contribution < 1.29 is 39.5 Å². The Labute approximate surface area is 133 Å². The lowest BCUT2D eigenvalue weighted by atomic mass is 10.1. The van der Waals surface area contributed by atoms with E-state index in [9.17, 15) is 34.8 Å². The predicted octanol–water partition coefficient (Wildman–Crippen LogP) is 3.18. The molecule has 1 aromatic rings. The van der Waals surface area contributed by atoms with Crippen LogP contribution >= 0.6 is 0 Å². The number of hydrogen-bond donors (Lipinski definition) is 1. The maximum absolute atomic E-state index is 12.8. The van der Waals surface area contributed by atoms with Crippen molar-refractivity contribution in [2.75, 3.05) is 6.54 Å². The number of halogens is 6. The standard InChI is InChI=1S/C13H13F6NO3S/c1-7-11(2,23-7)6-20-24(21,22)10-4-8(12(14,15)16)3-9(5-10)13(17,18)19/h3-5,7,20H,6H2,1-2H3/t7?,11-/m1/s1. The second-order valence-corrected chi connectivity index (χ2v) is 7.41. The SMILES string of the molecule is CC1O[C@]1(C)CNS(=O)(=O)c1cc(C(F)(F)F)cc(C(F)(F)F)c1. The highest BCUT2D eigenvalue weighted by molar-refractivity contribution is 7.89. The summed E-state index contributed by atoms with van der Waals surface area (Å²) in [6.45, 7) is 2.95. The molecule has 0 spiro atoms. The average Bonchev–Trinajstić information content (AvgIpc) is 3.02. The smallest absolute Gasteiger partial charge is 0.365 e. The molecule has 1 heterocycles. The van der Waals surface area contributed by atoms with E-state index < -0.39 is 44.0 Å². The van der Waals surface area contributed by atoms with E-state index in [1.165, 1.54) is 0 Å². The Balaban J connectivity index is 2.40. The van der Waals surface area contributed by atoms with E-state index in [4.69, 9.17) is 4.74 Å². The Morgan fingerprint density at radius 1 is 1.08 bits per heavy atom. The van der Waals surface area contributed by atoms with Crippen molar-refractivity contribution in [3.63, 3.8) is 0 Å². The summed E-state index contributed by atoms with van der Waals surface area (Å²) in [4.78, 5) is -1.11. The van der Waals surface area contributed by atoms with E-state index in [0.717, 1.165) is 0 Å². The Kier molecular flexibility index (Phi) is 4.43. The third-order valence-corrected chi connectivity index (χ3v) is 5.11. The van der Waals surface area contributed by atoms with E-state index in [2.05, 4.69) is 0 Å². The van der Waals surface area contributed by atoms with Crippen molar-refractivity contribution in [2.45, 2.75) is 42.8 Å². The molecule has 136 valence electrons. The third kappa shape index (κ3) is 4.01. The fraction of sp³-hybridized carbons (Fsp3) is 0.538. The quantitative estimate of drug-likeness (QED) is 0.648. The van der Waals surface area contributed by atoms with Crippen LogP contribution in [0.5, 0.6) is 0 Å². The number of epoxide rings is 1. The molecule has 24 heavy (non-hydrogen) atoms. The molecule has 1 fully saturated rings. The van der Waals surface area contributed by atoms with Crippen molar-refractivity contribution in [1.82, 2.24) is 4.72 Å². The molecule has 1 aliphatic rings. The van der Waals surface area contributed by atoms with E-state index >= 15 is 0 Å². The van der Waals surface area contributed by atoms with Gasteiger partial charge >= 0.3 is 12.4 Å². The molecule has 11 heteroatoms. The van der Waals surface area contributed by atoms with Crippen LogP contribution in [0.15, 0.2) is 23.1 Å². The van der Waals surface area contributed by atoms with E-state index in [1.807, 2.05) is 4.72 Å². The largest absolute Gasteiger partial charge is 0.416 e. The topological polar surface area (TPSA) is 58.7 Å². The highest BCUT2D eigenvalue weighted by Crippen LogP contribution is 2.38. The summed E-state index contributed by atoms with van der Waals surface area (Å²) in [5.74, 6) is 0. The zero-order valence-corrected chi connectivity index (χ0v) is 13.2. The summed E-state index contributed by atoms with van der Waals surface area (Å²) < 4.78 is 108. The van der Waals surface area contributed by atoms with Crippen LogP contribution in [-0.4, -0.2) is 26.7 Å². The van der Waals surface area contributed by atoms with Crippen molar-refractivity contribution >= 4 is 10.0 Å². The van der Waals surface area contributed by atoms with Crippen LogP contribution in [0.25, 0.3) is 0 Å². The highest BCUT2D eigenvalue weighted by Gasteiger charge is 2.49. The molecule has 2 rings (SSSR count). The first-order valence-electron chi connectivity index (χ1n) is 6.62. The van der Waals surface area contributed by atoms with E-state index in [1.54, 1.807) is 13.8 Å². The van der Waals surface area contributed by atoms with Gasteiger partial charge in [0, 0.05) is 6.54 Å². The van der Waals surface area contributed by atoms with Gasteiger partial charge in [0.25, 0.3) is 0 Å². The third-order valence-electron chi connectivity index (χ3n) is 3.73. The van der Waals surface area contributed by atoms with Gasteiger partial charge in [0.2, 0.25) is 10.0 Å². The van der Waals surface area contributed by atoms with Crippen molar-refractivity contribution in [2.24, 2.45) is 0 Å². The average molecular weight is 377 g/mol. The molecular formula is C13H13F6NO3S. The summed E-state index contributed by atoms with van der Waals surface area (Å²) in [6.07, 6.45) is -10.5. The molecular weight excluding hydrogens is 364 g/mol. The molecule has 0 aromatic heterocycles. The van der Waals surface area contributed by atoms with E-state index in [0.29, 0.717) is 0 Å². The minimum absolute atomic E-state index is 0.133. The van der Waals surface area contributed by atoms with Crippen LogP contribution in [-0.2, 0) is 27.1 Å². The number of rotatable bonds is 4. The fourth-order valence-electron chi connectivity index (χ4n) is 1.96. The van der Waals surface area contributed by atoms with Crippen LogP contribution in [0, 0.1) is 0 Å². The summed E-state index contributed by atoms with van der Waals surface area (Å²) >= 11 is 0. The zero-order valence-electron chi connectivity index (χ0n) is 12.4. The van der Waals surface area contributed by atoms with Crippen molar-refractivity contribution in [3.05, 3.63) is 29.3 Å². The first kappa shape index (κ1) is 19.0. The van der Waals surface area contributed by atoms with Gasteiger partial charge in [-0.1, -0.05) is 0 Å². The van der Waals surface area contributed by atoms with Gasteiger partial charge in [-0.2, -0.15) is 26.3 Å². The Morgan fingerprint density at radius 2 is 1.50 bits per heavy atom. The van der Waals surface area contributed by atoms with Gasteiger partial charge in [-0.15, -0.1) is 0 Å². The molecule has 1 aromatic carbocycles.